The first kappa shape index (κ1) is 19.0. The zero-order valence-corrected chi connectivity index (χ0v) is 16.9. The third-order valence-corrected chi connectivity index (χ3v) is 6.42. The first-order valence-electron chi connectivity index (χ1n) is 10.1. The molecule has 1 atom stereocenters. The fraction of sp³-hybridized carbons (Fsp3) is 0.500. The molecule has 28 heavy (non-hydrogen) atoms. The van der Waals surface area contributed by atoms with Gasteiger partial charge < -0.3 is 10.2 Å². The summed E-state index contributed by atoms with van der Waals surface area (Å²) >= 11 is 6.69. The minimum atomic E-state index is -0.427. The molecule has 1 saturated heterocycles. The number of carbonyl (C=O) groups is 1. The summed E-state index contributed by atoms with van der Waals surface area (Å²) in [7, 11) is 0. The normalized spacial score (nSPS) is 21.5. The zero-order chi connectivity index (χ0) is 19.7. The number of halogens is 1. The van der Waals surface area contributed by atoms with Crippen LogP contribution in [-0.4, -0.2) is 24.0 Å². The molecule has 146 valence electrons. The minimum absolute atomic E-state index is 0.0286. The number of nitrogens with zero attached hydrogens (tertiary/aromatic N) is 3. The number of pyridine rings is 1. The third kappa shape index (κ3) is 3.42. The fourth-order valence-electron chi connectivity index (χ4n) is 4.83. The molecule has 2 fully saturated rings. The first-order valence-corrected chi connectivity index (χ1v) is 10.4. The summed E-state index contributed by atoms with van der Waals surface area (Å²) in [4.78, 5) is 19.1. The number of nitrogens with one attached hydrogen (secondary N) is 1. The Morgan fingerprint density at radius 3 is 2.75 bits per heavy atom. The summed E-state index contributed by atoms with van der Waals surface area (Å²) in [6.07, 6.45) is 5.99. The SMILES string of the molecule is CC(=O)NC1(c2c(Cl)ccc3nc(N4CC[C@H](C#N)C4)ccc23)CCCCC1. The average molecular weight is 397 g/mol. The van der Waals surface area contributed by atoms with Gasteiger partial charge in [-0.2, -0.15) is 5.26 Å². The van der Waals surface area contributed by atoms with E-state index in [1.807, 2.05) is 18.2 Å². The Morgan fingerprint density at radius 1 is 1.29 bits per heavy atom. The van der Waals surface area contributed by atoms with Gasteiger partial charge in [-0.05, 0) is 43.5 Å². The number of anilines is 1. The van der Waals surface area contributed by atoms with E-state index in [4.69, 9.17) is 21.8 Å². The molecule has 1 aliphatic carbocycles. The highest BCUT2D eigenvalue weighted by molar-refractivity contribution is 6.32. The van der Waals surface area contributed by atoms with Crippen LogP contribution < -0.4 is 10.2 Å². The van der Waals surface area contributed by atoms with Crippen molar-refractivity contribution in [3.63, 3.8) is 0 Å². The van der Waals surface area contributed by atoms with Crippen molar-refractivity contribution >= 4 is 34.2 Å². The smallest absolute Gasteiger partial charge is 0.217 e. The Labute approximate surface area is 170 Å². The lowest BCUT2D eigenvalue weighted by molar-refractivity contribution is -0.121. The van der Waals surface area contributed by atoms with Gasteiger partial charge in [0, 0.05) is 36.0 Å². The maximum atomic E-state index is 12.0. The van der Waals surface area contributed by atoms with E-state index in [1.54, 1.807) is 6.92 Å². The van der Waals surface area contributed by atoms with Crippen LogP contribution in [0.25, 0.3) is 10.9 Å². The van der Waals surface area contributed by atoms with Crippen molar-refractivity contribution in [2.45, 2.75) is 51.0 Å². The molecular formula is C22H25ClN4O. The number of aromatic nitrogens is 1. The molecule has 2 aliphatic rings. The van der Waals surface area contributed by atoms with Gasteiger partial charge in [0.2, 0.25) is 5.91 Å². The highest BCUT2D eigenvalue weighted by Gasteiger charge is 2.38. The minimum Gasteiger partial charge on any atom is -0.355 e. The molecule has 4 rings (SSSR count). The molecule has 0 radical (unpaired) electrons. The first-order chi connectivity index (χ1) is 13.5. The van der Waals surface area contributed by atoms with Gasteiger partial charge in [0.25, 0.3) is 0 Å². The van der Waals surface area contributed by atoms with E-state index in [0.717, 1.165) is 67.5 Å². The molecular weight excluding hydrogens is 372 g/mol. The number of fused-ring (bicyclic) bond motifs is 1. The van der Waals surface area contributed by atoms with E-state index in [9.17, 15) is 4.79 Å². The van der Waals surface area contributed by atoms with Crippen molar-refractivity contribution in [1.29, 1.82) is 5.26 Å². The van der Waals surface area contributed by atoms with Crippen LogP contribution in [0.3, 0.4) is 0 Å². The monoisotopic (exact) mass is 396 g/mol. The molecule has 0 unspecified atom stereocenters. The second kappa shape index (κ2) is 7.60. The summed E-state index contributed by atoms with van der Waals surface area (Å²) in [5.74, 6) is 0.943. The van der Waals surface area contributed by atoms with E-state index in [1.165, 1.54) is 6.42 Å². The van der Waals surface area contributed by atoms with Crippen LogP contribution >= 0.6 is 11.6 Å². The number of amides is 1. The Hall–Kier alpha value is -2.32. The predicted molar refractivity (Wildman–Crippen MR) is 111 cm³/mol. The Kier molecular flexibility index (Phi) is 5.16. The topological polar surface area (TPSA) is 69.0 Å². The number of benzene rings is 1. The van der Waals surface area contributed by atoms with E-state index in [2.05, 4.69) is 22.4 Å². The molecule has 6 heteroatoms. The van der Waals surface area contributed by atoms with Crippen LogP contribution in [0, 0.1) is 17.2 Å². The summed E-state index contributed by atoms with van der Waals surface area (Å²) < 4.78 is 0. The average Bonchev–Trinajstić information content (AvgIpc) is 3.17. The van der Waals surface area contributed by atoms with Crippen LogP contribution in [0.5, 0.6) is 0 Å². The Morgan fingerprint density at radius 2 is 2.07 bits per heavy atom. The van der Waals surface area contributed by atoms with Gasteiger partial charge in [0.15, 0.2) is 0 Å². The van der Waals surface area contributed by atoms with E-state index < -0.39 is 5.54 Å². The molecule has 1 amide bonds. The van der Waals surface area contributed by atoms with Gasteiger partial charge in [-0.3, -0.25) is 4.79 Å². The highest BCUT2D eigenvalue weighted by Crippen LogP contribution is 2.43. The maximum Gasteiger partial charge on any atom is 0.217 e. The Balaban J connectivity index is 1.79. The van der Waals surface area contributed by atoms with Gasteiger partial charge >= 0.3 is 0 Å². The highest BCUT2D eigenvalue weighted by atomic mass is 35.5. The molecule has 1 N–H and O–H groups in total. The summed E-state index contributed by atoms with van der Waals surface area (Å²) in [5, 5.41) is 14.1. The number of nitriles is 1. The lowest BCUT2D eigenvalue weighted by Gasteiger charge is -2.39. The number of hydrogen-bond acceptors (Lipinski definition) is 4. The van der Waals surface area contributed by atoms with Crippen LogP contribution in [-0.2, 0) is 10.3 Å². The van der Waals surface area contributed by atoms with Gasteiger partial charge in [-0.15, -0.1) is 0 Å². The molecule has 0 spiro atoms. The molecule has 1 saturated carbocycles. The number of hydrogen-bond donors (Lipinski definition) is 1. The van der Waals surface area contributed by atoms with Crippen molar-refractivity contribution in [3.8, 4) is 6.07 Å². The largest absolute Gasteiger partial charge is 0.355 e. The van der Waals surface area contributed by atoms with Crippen LogP contribution in [0.1, 0.15) is 51.0 Å². The maximum absolute atomic E-state index is 12.0. The lowest BCUT2D eigenvalue weighted by Crippen LogP contribution is -2.46. The quantitative estimate of drug-likeness (QED) is 0.827. The standard InChI is InChI=1S/C22H25ClN4O/c1-15(28)26-22(10-3-2-4-11-22)21-17-5-8-20(25-19(17)7-6-18(21)23)27-12-9-16(13-24)14-27/h5-8,16H,2-4,9-12,14H2,1H3,(H,26,28)/t16-/m1/s1. The van der Waals surface area contributed by atoms with E-state index in [0.29, 0.717) is 5.02 Å². The van der Waals surface area contributed by atoms with Gasteiger partial charge in [0.1, 0.15) is 5.82 Å². The van der Waals surface area contributed by atoms with Crippen molar-refractivity contribution in [2.75, 3.05) is 18.0 Å². The van der Waals surface area contributed by atoms with Gasteiger partial charge in [-0.1, -0.05) is 30.9 Å². The van der Waals surface area contributed by atoms with E-state index in [-0.39, 0.29) is 11.8 Å². The van der Waals surface area contributed by atoms with Crippen LogP contribution in [0.15, 0.2) is 24.3 Å². The van der Waals surface area contributed by atoms with Crippen molar-refractivity contribution in [3.05, 3.63) is 34.9 Å². The molecule has 5 nitrogen and oxygen atoms in total. The van der Waals surface area contributed by atoms with Gasteiger partial charge in [-0.25, -0.2) is 4.98 Å². The van der Waals surface area contributed by atoms with Crippen LogP contribution in [0.2, 0.25) is 5.02 Å². The third-order valence-electron chi connectivity index (χ3n) is 6.10. The molecule has 0 bridgehead atoms. The second-order valence-electron chi connectivity index (χ2n) is 8.04. The van der Waals surface area contributed by atoms with Gasteiger partial charge in [0.05, 0.1) is 23.0 Å². The molecule has 1 aromatic carbocycles. The molecule has 2 heterocycles. The molecule has 2 aromatic rings. The fourth-order valence-corrected chi connectivity index (χ4v) is 5.18. The number of carbonyl (C=O) groups excluding carboxylic acids is 1. The Bertz CT molecular complexity index is 945. The summed E-state index contributed by atoms with van der Waals surface area (Å²) in [6, 6.07) is 10.3. The van der Waals surface area contributed by atoms with Crippen molar-refractivity contribution in [2.24, 2.45) is 5.92 Å². The van der Waals surface area contributed by atoms with E-state index >= 15 is 0 Å². The zero-order valence-electron chi connectivity index (χ0n) is 16.2. The van der Waals surface area contributed by atoms with Crippen molar-refractivity contribution in [1.82, 2.24) is 10.3 Å². The molecule has 1 aromatic heterocycles. The van der Waals surface area contributed by atoms with Crippen molar-refractivity contribution < 1.29 is 4.79 Å². The summed E-state index contributed by atoms with van der Waals surface area (Å²) in [5.41, 5.74) is 1.45. The molecule has 1 aliphatic heterocycles. The lowest BCUT2D eigenvalue weighted by atomic mass is 9.75. The predicted octanol–water partition coefficient (Wildman–Crippen LogP) is 4.53. The second-order valence-corrected chi connectivity index (χ2v) is 8.45. The van der Waals surface area contributed by atoms with Crippen LogP contribution in [0.4, 0.5) is 5.82 Å². The summed E-state index contributed by atoms with van der Waals surface area (Å²) in [6.45, 7) is 3.16. The number of rotatable bonds is 3.